The zero-order chi connectivity index (χ0) is 21.6. The monoisotopic (exact) mass is 447 g/mol. The van der Waals surface area contributed by atoms with Gasteiger partial charge < -0.3 is 0 Å². The van der Waals surface area contributed by atoms with Crippen LogP contribution in [0.25, 0.3) is 10.2 Å². The summed E-state index contributed by atoms with van der Waals surface area (Å²) in [4.78, 5) is 25.3. The topological polar surface area (TPSA) is 46.1 Å². The fourth-order valence-corrected chi connectivity index (χ4v) is 5.39. The molecule has 2 aromatic heterocycles. The van der Waals surface area contributed by atoms with Crippen molar-refractivity contribution < 1.29 is 4.79 Å². The van der Waals surface area contributed by atoms with E-state index in [4.69, 9.17) is 4.98 Å². The van der Waals surface area contributed by atoms with Gasteiger partial charge in [0.05, 0.1) is 16.8 Å². The van der Waals surface area contributed by atoms with Gasteiger partial charge in [-0.05, 0) is 67.0 Å². The maximum absolute atomic E-state index is 13.3. The van der Waals surface area contributed by atoms with E-state index in [-0.39, 0.29) is 5.91 Å². The Morgan fingerprint density at radius 3 is 2.71 bits per heavy atom. The molecule has 0 radical (unpaired) electrons. The molecule has 0 fully saturated rings. The number of hydrogen-bond acceptors (Lipinski definition) is 5. The number of carbonyl (C=O) groups excluding carboxylic acids is 1. The molecule has 0 spiro atoms. The molecule has 0 aliphatic heterocycles. The van der Waals surface area contributed by atoms with Crippen LogP contribution < -0.4 is 4.90 Å². The van der Waals surface area contributed by atoms with Crippen LogP contribution in [0.4, 0.5) is 5.13 Å². The van der Waals surface area contributed by atoms with Crippen molar-refractivity contribution in [1.82, 2.24) is 9.97 Å². The summed E-state index contributed by atoms with van der Waals surface area (Å²) in [6.07, 6.45) is 4.88. The first-order valence-electron chi connectivity index (χ1n) is 10.3. The molecular formula is C25H25N3OS2. The minimum atomic E-state index is 0.103. The normalized spacial score (nSPS) is 11.0. The first kappa shape index (κ1) is 21.5. The number of carbonyl (C=O) groups is 1. The number of amides is 1. The van der Waals surface area contributed by atoms with Crippen molar-refractivity contribution in [1.29, 1.82) is 0 Å². The van der Waals surface area contributed by atoms with E-state index in [1.54, 1.807) is 29.3 Å². The quantitative estimate of drug-likeness (QED) is 0.231. The SMILES string of the molecule is Cc1cc(C)c2sc(N(Cc3cccnc3)C(=O)CCCSc3ccccc3)nc2c1. The van der Waals surface area contributed by atoms with Crippen LogP contribution in [0.1, 0.15) is 29.5 Å². The van der Waals surface area contributed by atoms with Crippen LogP contribution in [-0.2, 0) is 11.3 Å². The maximum Gasteiger partial charge on any atom is 0.229 e. The average Bonchev–Trinajstić information content (AvgIpc) is 3.20. The maximum atomic E-state index is 13.3. The number of thioether (sulfide) groups is 1. The third kappa shape index (κ3) is 5.51. The number of hydrogen-bond donors (Lipinski definition) is 0. The molecule has 0 saturated heterocycles. The second kappa shape index (κ2) is 10.1. The summed E-state index contributed by atoms with van der Waals surface area (Å²) in [7, 11) is 0. The van der Waals surface area contributed by atoms with Crippen molar-refractivity contribution >= 4 is 44.4 Å². The standard InChI is InChI=1S/C25H25N3OS2/c1-18-14-19(2)24-22(15-18)27-25(31-24)28(17-20-8-6-12-26-16-20)23(29)11-7-13-30-21-9-4-3-5-10-21/h3-6,8-10,12,14-16H,7,11,13,17H2,1-2H3. The van der Waals surface area contributed by atoms with Gasteiger partial charge in [-0.3, -0.25) is 14.7 Å². The largest absolute Gasteiger partial charge is 0.284 e. The Bertz CT molecular complexity index is 1160. The van der Waals surface area contributed by atoms with Gasteiger partial charge in [0, 0.05) is 23.7 Å². The molecule has 0 aliphatic carbocycles. The second-order valence-electron chi connectivity index (χ2n) is 7.53. The summed E-state index contributed by atoms with van der Waals surface area (Å²) >= 11 is 3.38. The molecule has 0 bridgehead atoms. The average molecular weight is 448 g/mol. The van der Waals surface area contributed by atoms with Crippen LogP contribution >= 0.6 is 23.1 Å². The van der Waals surface area contributed by atoms with E-state index in [0.717, 1.165) is 33.1 Å². The van der Waals surface area contributed by atoms with E-state index in [1.165, 1.54) is 16.0 Å². The first-order chi connectivity index (χ1) is 15.1. The highest BCUT2D eigenvalue weighted by Crippen LogP contribution is 2.33. The van der Waals surface area contributed by atoms with Crippen LogP contribution in [0, 0.1) is 13.8 Å². The summed E-state index contributed by atoms with van der Waals surface area (Å²) in [5.41, 5.74) is 4.35. The van der Waals surface area contributed by atoms with Gasteiger partial charge in [-0.15, -0.1) is 11.8 Å². The molecule has 2 heterocycles. The molecule has 0 unspecified atom stereocenters. The number of aryl methyl sites for hydroxylation is 2. The number of rotatable bonds is 8. The van der Waals surface area contributed by atoms with E-state index in [0.29, 0.717) is 13.0 Å². The zero-order valence-corrected chi connectivity index (χ0v) is 19.4. The molecule has 6 heteroatoms. The van der Waals surface area contributed by atoms with E-state index in [1.807, 2.05) is 41.4 Å². The molecule has 158 valence electrons. The van der Waals surface area contributed by atoms with Crippen molar-refractivity contribution in [3.63, 3.8) is 0 Å². The van der Waals surface area contributed by atoms with Crippen LogP contribution in [0.2, 0.25) is 0 Å². The molecule has 1 amide bonds. The highest BCUT2D eigenvalue weighted by molar-refractivity contribution is 7.99. The number of nitrogens with zero attached hydrogens (tertiary/aromatic N) is 3. The molecule has 2 aromatic carbocycles. The molecule has 4 rings (SSSR count). The lowest BCUT2D eigenvalue weighted by Gasteiger charge is -2.20. The van der Waals surface area contributed by atoms with Crippen LogP contribution in [0.3, 0.4) is 0 Å². The first-order valence-corrected chi connectivity index (χ1v) is 12.2. The van der Waals surface area contributed by atoms with Gasteiger partial charge in [0.2, 0.25) is 5.91 Å². The Kier molecular flexibility index (Phi) is 6.99. The van der Waals surface area contributed by atoms with Crippen molar-refractivity contribution in [2.24, 2.45) is 0 Å². The predicted octanol–water partition coefficient (Wildman–Crippen LogP) is 6.41. The lowest BCUT2D eigenvalue weighted by Crippen LogP contribution is -2.30. The molecule has 0 saturated carbocycles. The Morgan fingerprint density at radius 2 is 1.94 bits per heavy atom. The van der Waals surface area contributed by atoms with Gasteiger partial charge in [-0.2, -0.15) is 0 Å². The molecule has 0 aliphatic rings. The van der Waals surface area contributed by atoms with Crippen molar-refractivity contribution in [3.8, 4) is 0 Å². The number of fused-ring (bicyclic) bond motifs is 1. The minimum Gasteiger partial charge on any atom is -0.284 e. The fraction of sp³-hybridized carbons (Fsp3) is 0.240. The van der Waals surface area contributed by atoms with Crippen LogP contribution in [0.5, 0.6) is 0 Å². The molecule has 4 nitrogen and oxygen atoms in total. The Balaban J connectivity index is 1.51. The molecular weight excluding hydrogens is 422 g/mol. The smallest absolute Gasteiger partial charge is 0.229 e. The zero-order valence-electron chi connectivity index (χ0n) is 17.7. The van der Waals surface area contributed by atoms with Gasteiger partial charge in [0.15, 0.2) is 5.13 Å². The Labute approximate surface area is 191 Å². The van der Waals surface area contributed by atoms with Crippen molar-refractivity contribution in [2.45, 2.75) is 38.1 Å². The van der Waals surface area contributed by atoms with Crippen LogP contribution in [-0.4, -0.2) is 21.6 Å². The third-order valence-corrected chi connectivity index (χ3v) is 7.28. The Morgan fingerprint density at radius 1 is 1.10 bits per heavy atom. The number of benzene rings is 2. The summed E-state index contributed by atoms with van der Waals surface area (Å²) < 4.78 is 1.14. The van der Waals surface area contributed by atoms with Crippen LogP contribution in [0.15, 0.2) is 71.9 Å². The summed E-state index contributed by atoms with van der Waals surface area (Å²) in [6.45, 7) is 4.66. The molecule has 31 heavy (non-hydrogen) atoms. The Hall–Kier alpha value is -2.70. The summed E-state index contributed by atoms with van der Waals surface area (Å²) in [5, 5.41) is 0.758. The van der Waals surface area contributed by atoms with E-state index in [2.05, 4.69) is 43.1 Å². The summed E-state index contributed by atoms with van der Waals surface area (Å²) in [5.74, 6) is 1.01. The predicted molar refractivity (Wildman–Crippen MR) is 131 cm³/mol. The molecule has 0 N–H and O–H groups in total. The molecule has 0 atom stereocenters. The lowest BCUT2D eigenvalue weighted by atomic mass is 10.1. The van der Waals surface area contributed by atoms with E-state index >= 15 is 0 Å². The van der Waals surface area contributed by atoms with Gasteiger partial charge in [0.25, 0.3) is 0 Å². The van der Waals surface area contributed by atoms with Gasteiger partial charge >= 0.3 is 0 Å². The highest BCUT2D eigenvalue weighted by atomic mass is 32.2. The number of pyridine rings is 1. The lowest BCUT2D eigenvalue weighted by molar-refractivity contribution is -0.118. The fourth-order valence-electron chi connectivity index (χ4n) is 3.48. The highest BCUT2D eigenvalue weighted by Gasteiger charge is 2.20. The number of anilines is 1. The minimum absolute atomic E-state index is 0.103. The number of thiazole rings is 1. The summed E-state index contributed by atoms with van der Waals surface area (Å²) in [6, 6.07) is 18.5. The van der Waals surface area contributed by atoms with Crippen molar-refractivity contribution in [3.05, 3.63) is 83.7 Å². The van der Waals surface area contributed by atoms with Gasteiger partial charge in [0.1, 0.15) is 0 Å². The second-order valence-corrected chi connectivity index (χ2v) is 9.68. The molecule has 4 aromatic rings. The van der Waals surface area contributed by atoms with Gasteiger partial charge in [-0.25, -0.2) is 4.98 Å². The van der Waals surface area contributed by atoms with Gasteiger partial charge in [-0.1, -0.05) is 41.7 Å². The van der Waals surface area contributed by atoms with E-state index < -0.39 is 0 Å². The number of aromatic nitrogens is 2. The third-order valence-electron chi connectivity index (χ3n) is 4.95. The van der Waals surface area contributed by atoms with E-state index in [9.17, 15) is 4.79 Å². The van der Waals surface area contributed by atoms with Crippen molar-refractivity contribution in [2.75, 3.05) is 10.7 Å².